The Balaban J connectivity index is 1.91. The number of aliphatic hydroxyl groups is 1. The van der Waals surface area contributed by atoms with E-state index in [9.17, 15) is 19.8 Å². The number of benzene rings is 1. The molecule has 144 valence electrons. The highest BCUT2D eigenvalue weighted by atomic mass is 16.3. The molecule has 1 aromatic heterocycles. The van der Waals surface area contributed by atoms with E-state index in [1.165, 1.54) is 24.0 Å². The zero-order valence-electron chi connectivity index (χ0n) is 15.3. The van der Waals surface area contributed by atoms with Crippen LogP contribution in [0, 0.1) is 5.41 Å². The minimum Gasteiger partial charge on any atom is -0.515 e. The normalized spacial score (nSPS) is 21.5. The maximum atomic E-state index is 13.2. The number of aliphatic hydroxyl groups excluding tert-OH is 1. The summed E-state index contributed by atoms with van der Waals surface area (Å²) in [4.78, 5) is 29.6. The molecule has 28 heavy (non-hydrogen) atoms. The van der Waals surface area contributed by atoms with Crippen LogP contribution in [0.3, 0.4) is 0 Å². The minimum atomic E-state index is -1.11. The van der Waals surface area contributed by atoms with Gasteiger partial charge in [0.05, 0.1) is 18.4 Å². The number of nitrogens with zero attached hydrogens (tertiary/aromatic N) is 3. The van der Waals surface area contributed by atoms with Crippen molar-refractivity contribution in [3.05, 3.63) is 65.7 Å². The van der Waals surface area contributed by atoms with Crippen molar-refractivity contribution in [3.8, 4) is 5.75 Å². The van der Waals surface area contributed by atoms with Crippen molar-refractivity contribution in [1.29, 1.82) is 5.41 Å². The highest BCUT2D eigenvalue weighted by Crippen LogP contribution is 2.43. The molecule has 1 fully saturated rings. The highest BCUT2D eigenvalue weighted by molar-refractivity contribution is 6.19. The van der Waals surface area contributed by atoms with Gasteiger partial charge in [0.15, 0.2) is 5.66 Å². The van der Waals surface area contributed by atoms with E-state index in [1.807, 2.05) is 0 Å². The summed E-state index contributed by atoms with van der Waals surface area (Å²) in [5.74, 6) is -0.632. The Kier molecular flexibility index (Phi) is 3.99. The molecule has 0 spiro atoms. The SMILES string of the molecule is CC(=N)/C(=C\O)C(=O)N1CCN2C(=O)c3cccn3CC12c1ccc(O)cc1. The van der Waals surface area contributed by atoms with Gasteiger partial charge in [-0.05, 0) is 31.2 Å². The lowest BCUT2D eigenvalue weighted by Crippen LogP contribution is -2.60. The molecule has 0 radical (unpaired) electrons. The van der Waals surface area contributed by atoms with Gasteiger partial charge in [-0.15, -0.1) is 0 Å². The molecule has 4 rings (SSSR count). The van der Waals surface area contributed by atoms with Gasteiger partial charge in [0.25, 0.3) is 11.8 Å². The predicted octanol–water partition coefficient (Wildman–Crippen LogP) is 1.83. The molecule has 1 atom stereocenters. The first-order valence-electron chi connectivity index (χ1n) is 8.88. The fourth-order valence-electron chi connectivity index (χ4n) is 4.14. The van der Waals surface area contributed by atoms with E-state index in [1.54, 1.807) is 39.9 Å². The maximum Gasteiger partial charge on any atom is 0.272 e. The third-order valence-electron chi connectivity index (χ3n) is 5.46. The third kappa shape index (κ3) is 2.34. The second-order valence-corrected chi connectivity index (χ2v) is 6.97. The van der Waals surface area contributed by atoms with Gasteiger partial charge in [-0.2, -0.15) is 0 Å². The lowest BCUT2D eigenvalue weighted by Gasteiger charge is -2.47. The molecule has 3 N–H and O–H groups in total. The number of hydrogen-bond acceptors (Lipinski definition) is 5. The first kappa shape index (κ1) is 17.8. The summed E-state index contributed by atoms with van der Waals surface area (Å²) < 4.78 is 1.80. The molecular formula is C20H20N4O4. The van der Waals surface area contributed by atoms with Crippen LogP contribution in [0.4, 0.5) is 0 Å². The van der Waals surface area contributed by atoms with E-state index in [-0.39, 0.29) is 29.5 Å². The first-order chi connectivity index (χ1) is 13.4. The molecule has 0 aliphatic carbocycles. The van der Waals surface area contributed by atoms with E-state index in [0.717, 1.165) is 0 Å². The molecule has 3 heterocycles. The number of fused-ring (bicyclic) bond motifs is 2. The molecule has 0 saturated carbocycles. The summed E-state index contributed by atoms with van der Waals surface area (Å²) in [6.45, 7) is 2.33. The fraction of sp³-hybridized carbons (Fsp3) is 0.250. The summed E-state index contributed by atoms with van der Waals surface area (Å²) in [7, 11) is 0. The van der Waals surface area contributed by atoms with Crippen molar-refractivity contribution in [2.24, 2.45) is 0 Å². The van der Waals surface area contributed by atoms with Gasteiger partial charge in [0, 0.05) is 30.6 Å². The number of carbonyl (C=O) groups is 2. The predicted molar refractivity (Wildman–Crippen MR) is 101 cm³/mol. The summed E-state index contributed by atoms with van der Waals surface area (Å²) in [6.07, 6.45) is 2.43. The lowest BCUT2D eigenvalue weighted by molar-refractivity contribution is -0.136. The Morgan fingerprint density at radius 2 is 1.93 bits per heavy atom. The van der Waals surface area contributed by atoms with E-state index in [0.29, 0.717) is 30.6 Å². The van der Waals surface area contributed by atoms with Crippen LogP contribution in [-0.2, 0) is 17.0 Å². The van der Waals surface area contributed by atoms with Crippen LogP contribution in [0.2, 0.25) is 0 Å². The molecule has 2 aliphatic heterocycles. The largest absolute Gasteiger partial charge is 0.515 e. The van der Waals surface area contributed by atoms with Gasteiger partial charge in [0.2, 0.25) is 0 Å². The molecule has 8 heteroatoms. The van der Waals surface area contributed by atoms with Gasteiger partial charge < -0.3 is 30.0 Å². The van der Waals surface area contributed by atoms with Crippen LogP contribution in [0.25, 0.3) is 0 Å². The van der Waals surface area contributed by atoms with Crippen LogP contribution in [0.15, 0.2) is 54.4 Å². The number of hydrogen-bond donors (Lipinski definition) is 3. The Labute approximate surface area is 161 Å². The number of phenolic OH excluding ortho intramolecular Hbond substituents is 1. The second kappa shape index (κ2) is 6.26. The maximum absolute atomic E-state index is 13.2. The van der Waals surface area contributed by atoms with Crippen LogP contribution in [-0.4, -0.2) is 55.2 Å². The topological polar surface area (TPSA) is 110 Å². The zero-order chi connectivity index (χ0) is 20.1. The summed E-state index contributed by atoms with van der Waals surface area (Å²) in [6, 6.07) is 9.94. The van der Waals surface area contributed by atoms with Gasteiger partial charge in [-0.1, -0.05) is 12.1 Å². The van der Waals surface area contributed by atoms with Gasteiger partial charge in [-0.25, -0.2) is 0 Å². The van der Waals surface area contributed by atoms with Crippen LogP contribution in [0.5, 0.6) is 5.75 Å². The molecule has 1 aromatic carbocycles. The van der Waals surface area contributed by atoms with Crippen LogP contribution >= 0.6 is 0 Å². The smallest absolute Gasteiger partial charge is 0.272 e. The Bertz CT molecular complexity index is 1010. The average Bonchev–Trinajstić information content (AvgIpc) is 3.28. The van der Waals surface area contributed by atoms with Crippen molar-refractivity contribution in [3.63, 3.8) is 0 Å². The van der Waals surface area contributed by atoms with Crippen molar-refractivity contribution < 1.29 is 19.8 Å². The quantitative estimate of drug-likeness (QED) is 0.429. The van der Waals surface area contributed by atoms with Crippen LogP contribution < -0.4 is 0 Å². The third-order valence-corrected chi connectivity index (χ3v) is 5.46. The van der Waals surface area contributed by atoms with Crippen LogP contribution in [0.1, 0.15) is 23.0 Å². The number of amides is 2. The molecule has 2 amide bonds. The van der Waals surface area contributed by atoms with Crippen molar-refractivity contribution in [1.82, 2.24) is 14.4 Å². The lowest BCUT2D eigenvalue weighted by atomic mass is 9.93. The number of aromatic nitrogens is 1. The molecule has 0 bridgehead atoms. The van der Waals surface area contributed by atoms with Crippen molar-refractivity contribution in [2.45, 2.75) is 19.1 Å². The van der Waals surface area contributed by atoms with Gasteiger partial charge in [0.1, 0.15) is 11.4 Å². The number of rotatable bonds is 3. The number of carbonyl (C=O) groups excluding carboxylic acids is 2. The monoisotopic (exact) mass is 380 g/mol. The zero-order valence-corrected chi connectivity index (χ0v) is 15.3. The number of nitrogens with one attached hydrogen (secondary N) is 1. The average molecular weight is 380 g/mol. The molecule has 2 aromatic rings. The Hall–Kier alpha value is -3.55. The molecule has 2 aliphatic rings. The van der Waals surface area contributed by atoms with E-state index in [2.05, 4.69) is 0 Å². The fourth-order valence-corrected chi connectivity index (χ4v) is 4.14. The molecule has 8 nitrogen and oxygen atoms in total. The minimum absolute atomic E-state index is 0.0596. The second-order valence-electron chi connectivity index (χ2n) is 6.97. The van der Waals surface area contributed by atoms with E-state index < -0.39 is 11.6 Å². The standard InChI is InChI=1S/C20H20N4O4/c1-13(21)16(11-25)18(27)23-9-10-24-19(28)17-3-2-8-22(17)12-20(23,24)14-4-6-15(26)7-5-14/h2-8,11,21,25-26H,9-10,12H2,1H3/b16-11+,21-13?. The first-order valence-corrected chi connectivity index (χ1v) is 8.88. The highest BCUT2D eigenvalue weighted by Gasteiger charge is 2.56. The van der Waals surface area contributed by atoms with E-state index >= 15 is 0 Å². The Morgan fingerprint density at radius 1 is 1.21 bits per heavy atom. The van der Waals surface area contributed by atoms with Gasteiger partial charge in [-0.3, -0.25) is 9.59 Å². The molecular weight excluding hydrogens is 360 g/mol. The summed E-state index contributed by atoms with van der Waals surface area (Å²) in [5, 5.41) is 27.0. The van der Waals surface area contributed by atoms with Crippen molar-refractivity contribution >= 4 is 17.5 Å². The molecule has 1 saturated heterocycles. The summed E-state index contributed by atoms with van der Waals surface area (Å²) in [5.41, 5.74) is -0.0765. The summed E-state index contributed by atoms with van der Waals surface area (Å²) >= 11 is 0. The van der Waals surface area contributed by atoms with E-state index in [4.69, 9.17) is 5.41 Å². The number of phenols is 1. The number of aromatic hydroxyl groups is 1. The van der Waals surface area contributed by atoms with Crippen molar-refractivity contribution in [2.75, 3.05) is 13.1 Å². The molecule has 1 unspecified atom stereocenters. The van der Waals surface area contributed by atoms with Gasteiger partial charge >= 0.3 is 0 Å². The Morgan fingerprint density at radius 3 is 2.57 bits per heavy atom.